The Labute approximate surface area is 165 Å². The molecule has 28 heavy (non-hydrogen) atoms. The molecule has 150 valence electrons. The first kappa shape index (κ1) is 19.8. The van der Waals surface area contributed by atoms with Crippen LogP contribution in [0.15, 0.2) is 30.5 Å². The lowest BCUT2D eigenvalue weighted by Gasteiger charge is -2.26. The maximum Gasteiger partial charge on any atom is 0.407 e. The van der Waals surface area contributed by atoms with E-state index in [0.29, 0.717) is 13.1 Å². The fourth-order valence-corrected chi connectivity index (χ4v) is 3.57. The first-order valence-electron chi connectivity index (χ1n) is 9.67. The van der Waals surface area contributed by atoms with Crippen molar-refractivity contribution in [3.05, 3.63) is 47.2 Å². The minimum absolute atomic E-state index is 0.114. The van der Waals surface area contributed by atoms with E-state index in [4.69, 9.17) is 9.47 Å². The Morgan fingerprint density at radius 2 is 1.71 bits per heavy atom. The maximum absolute atomic E-state index is 11.8. The Bertz CT molecular complexity index is 859. The lowest BCUT2D eigenvalue weighted by atomic mass is 9.92. The summed E-state index contributed by atoms with van der Waals surface area (Å²) in [5.41, 5.74) is 5.12. The van der Waals surface area contributed by atoms with Gasteiger partial charge >= 0.3 is 12.2 Å². The smallest absolute Gasteiger partial charge is 0.407 e. The number of hydrogen-bond acceptors (Lipinski definition) is 4. The van der Waals surface area contributed by atoms with E-state index in [2.05, 4.69) is 34.3 Å². The Morgan fingerprint density at radius 3 is 2.39 bits per heavy atom. The van der Waals surface area contributed by atoms with Crippen LogP contribution in [-0.4, -0.2) is 29.8 Å². The minimum atomic E-state index is -0.463. The van der Waals surface area contributed by atoms with Crippen molar-refractivity contribution in [2.75, 3.05) is 13.1 Å². The summed E-state index contributed by atoms with van der Waals surface area (Å²) < 4.78 is 13.0. The molecule has 2 N–H and O–H groups in total. The van der Waals surface area contributed by atoms with Crippen molar-refractivity contribution >= 4 is 12.2 Å². The fourth-order valence-electron chi connectivity index (χ4n) is 3.57. The molecule has 0 aliphatic carbocycles. The molecular formula is C21H27N3O4. The number of fused-ring (bicyclic) bond motifs is 3. The van der Waals surface area contributed by atoms with E-state index in [-0.39, 0.29) is 19.3 Å². The Hall–Kier alpha value is -2.96. The summed E-state index contributed by atoms with van der Waals surface area (Å²) >= 11 is 0. The van der Waals surface area contributed by atoms with Crippen LogP contribution in [0.5, 0.6) is 0 Å². The van der Waals surface area contributed by atoms with Crippen molar-refractivity contribution in [1.29, 1.82) is 0 Å². The van der Waals surface area contributed by atoms with Gasteiger partial charge in [0.1, 0.15) is 13.2 Å². The fraction of sp³-hybridized carbons (Fsp3) is 0.429. The largest absolute Gasteiger partial charge is 0.445 e. The Balaban J connectivity index is 1.96. The monoisotopic (exact) mass is 385 g/mol. The van der Waals surface area contributed by atoms with Gasteiger partial charge in [0.15, 0.2) is 0 Å². The molecular weight excluding hydrogens is 358 g/mol. The van der Waals surface area contributed by atoms with Crippen molar-refractivity contribution in [1.82, 2.24) is 15.2 Å². The molecule has 0 fully saturated rings. The van der Waals surface area contributed by atoms with Gasteiger partial charge in [-0.3, -0.25) is 0 Å². The Morgan fingerprint density at radius 1 is 1.07 bits per heavy atom. The number of ether oxygens (including phenoxy) is 2. The van der Waals surface area contributed by atoms with Crippen molar-refractivity contribution < 1.29 is 19.1 Å². The van der Waals surface area contributed by atoms with E-state index < -0.39 is 12.2 Å². The minimum Gasteiger partial charge on any atom is -0.445 e. The standard InChI is InChI=1S/C21H27N3O4/c1-4-22-20(25)27-12-16-11-24-14(3)10-15-8-6-7-9-17(15)19(24)18(16)13-28-21(26)23-5-2/h6-9,11,14H,4-5,10,12-13H2,1-3H3,(H,22,25)(H,23,26). The first-order chi connectivity index (χ1) is 13.5. The quantitative estimate of drug-likeness (QED) is 0.793. The summed E-state index contributed by atoms with van der Waals surface area (Å²) in [6.07, 6.45) is 2.00. The van der Waals surface area contributed by atoms with Gasteiger partial charge in [0.2, 0.25) is 0 Å². The lowest BCUT2D eigenvalue weighted by molar-refractivity contribution is 0.132. The molecule has 1 aromatic heterocycles. The number of benzene rings is 1. The van der Waals surface area contributed by atoms with Gasteiger partial charge in [-0.1, -0.05) is 24.3 Å². The SMILES string of the molecule is CCNC(=O)OCc1cn2c(c1COC(=O)NCC)-c1ccccc1CC2C. The number of carbonyl (C=O) groups excluding carboxylic acids is 2. The van der Waals surface area contributed by atoms with Crippen LogP contribution >= 0.6 is 0 Å². The van der Waals surface area contributed by atoms with Gasteiger partial charge in [-0.2, -0.15) is 0 Å². The molecule has 1 aliphatic heterocycles. The van der Waals surface area contributed by atoms with Crippen LogP contribution in [0, 0.1) is 0 Å². The highest BCUT2D eigenvalue weighted by Crippen LogP contribution is 2.39. The third kappa shape index (κ3) is 4.13. The third-order valence-corrected chi connectivity index (χ3v) is 4.84. The molecule has 7 heteroatoms. The molecule has 0 bridgehead atoms. The van der Waals surface area contributed by atoms with E-state index in [0.717, 1.165) is 28.8 Å². The van der Waals surface area contributed by atoms with Crippen molar-refractivity contribution in [3.63, 3.8) is 0 Å². The van der Waals surface area contributed by atoms with Crippen LogP contribution < -0.4 is 10.6 Å². The number of aromatic nitrogens is 1. The van der Waals surface area contributed by atoms with Gasteiger partial charge in [0.05, 0.1) is 5.69 Å². The predicted octanol–water partition coefficient (Wildman–Crippen LogP) is 3.76. The highest BCUT2D eigenvalue weighted by Gasteiger charge is 2.27. The maximum atomic E-state index is 11.8. The molecule has 2 aromatic rings. The van der Waals surface area contributed by atoms with E-state index in [1.54, 1.807) is 0 Å². The van der Waals surface area contributed by atoms with Gasteiger partial charge in [0.25, 0.3) is 0 Å². The molecule has 0 radical (unpaired) electrons. The van der Waals surface area contributed by atoms with Gasteiger partial charge in [-0.15, -0.1) is 0 Å². The molecule has 7 nitrogen and oxygen atoms in total. The highest BCUT2D eigenvalue weighted by molar-refractivity contribution is 5.73. The van der Waals surface area contributed by atoms with Crippen molar-refractivity contribution in [2.24, 2.45) is 0 Å². The van der Waals surface area contributed by atoms with Gasteiger partial charge in [0, 0.05) is 42.0 Å². The average Bonchev–Trinajstić information content (AvgIpc) is 3.05. The number of rotatable bonds is 6. The number of nitrogens with zero attached hydrogens (tertiary/aromatic N) is 1. The average molecular weight is 385 g/mol. The summed E-state index contributed by atoms with van der Waals surface area (Å²) in [7, 11) is 0. The second-order valence-corrected chi connectivity index (χ2v) is 6.81. The van der Waals surface area contributed by atoms with E-state index in [1.165, 1.54) is 5.56 Å². The topological polar surface area (TPSA) is 81.6 Å². The summed E-state index contributed by atoms with van der Waals surface area (Å²) in [6, 6.07) is 8.50. The zero-order chi connectivity index (χ0) is 20.1. The van der Waals surface area contributed by atoms with Crippen LogP contribution in [0.25, 0.3) is 11.3 Å². The molecule has 1 unspecified atom stereocenters. The van der Waals surface area contributed by atoms with Crippen LogP contribution in [-0.2, 0) is 29.1 Å². The van der Waals surface area contributed by atoms with Crippen LogP contribution in [0.3, 0.4) is 0 Å². The lowest BCUT2D eigenvalue weighted by Crippen LogP contribution is -2.24. The molecule has 0 saturated carbocycles. The van der Waals surface area contributed by atoms with Crippen LogP contribution in [0.1, 0.15) is 43.5 Å². The first-order valence-corrected chi connectivity index (χ1v) is 9.67. The van der Waals surface area contributed by atoms with Crippen LogP contribution in [0.4, 0.5) is 9.59 Å². The molecule has 0 saturated heterocycles. The predicted molar refractivity (Wildman–Crippen MR) is 106 cm³/mol. The number of nitrogens with one attached hydrogen (secondary N) is 2. The third-order valence-electron chi connectivity index (χ3n) is 4.84. The summed E-state index contributed by atoms with van der Waals surface area (Å²) in [5.74, 6) is 0. The second-order valence-electron chi connectivity index (χ2n) is 6.81. The molecule has 1 atom stereocenters. The molecule has 2 amide bonds. The van der Waals surface area contributed by atoms with Crippen molar-refractivity contribution in [3.8, 4) is 11.3 Å². The number of carbonyl (C=O) groups is 2. The molecule has 1 aromatic carbocycles. The summed E-state index contributed by atoms with van der Waals surface area (Å²) in [6.45, 7) is 7.07. The zero-order valence-electron chi connectivity index (χ0n) is 16.6. The second kappa shape index (κ2) is 8.82. The zero-order valence-corrected chi connectivity index (χ0v) is 16.6. The highest BCUT2D eigenvalue weighted by atomic mass is 16.6. The van der Waals surface area contributed by atoms with Crippen LogP contribution in [0.2, 0.25) is 0 Å². The molecule has 2 heterocycles. The van der Waals surface area contributed by atoms with Gasteiger partial charge in [-0.05, 0) is 32.8 Å². The molecule has 3 rings (SSSR count). The number of hydrogen-bond donors (Lipinski definition) is 2. The number of alkyl carbamates (subject to hydrolysis) is 2. The number of amides is 2. The molecule has 1 aliphatic rings. The Kier molecular flexibility index (Phi) is 6.23. The normalized spacial score (nSPS) is 14.6. The van der Waals surface area contributed by atoms with Gasteiger partial charge in [-0.25, -0.2) is 9.59 Å². The van der Waals surface area contributed by atoms with Gasteiger partial charge < -0.3 is 24.7 Å². The van der Waals surface area contributed by atoms with Crippen molar-refractivity contribution in [2.45, 2.75) is 46.4 Å². The molecule has 0 spiro atoms. The van der Waals surface area contributed by atoms with E-state index >= 15 is 0 Å². The van der Waals surface area contributed by atoms with E-state index in [1.807, 2.05) is 32.2 Å². The summed E-state index contributed by atoms with van der Waals surface area (Å²) in [4.78, 5) is 23.6. The van der Waals surface area contributed by atoms with E-state index in [9.17, 15) is 9.59 Å². The summed E-state index contributed by atoms with van der Waals surface area (Å²) in [5, 5.41) is 5.26.